The minimum atomic E-state index is -0.126. The predicted octanol–water partition coefficient (Wildman–Crippen LogP) is 2.25. The van der Waals surface area contributed by atoms with Gasteiger partial charge in [-0.2, -0.15) is 0 Å². The van der Waals surface area contributed by atoms with Crippen molar-refractivity contribution in [2.45, 2.75) is 45.4 Å². The van der Waals surface area contributed by atoms with Crippen LogP contribution in [0.2, 0.25) is 0 Å². The number of carbonyl (C=O) groups is 1. The van der Waals surface area contributed by atoms with E-state index in [1.54, 1.807) is 28.2 Å². The number of thiazole rings is 2. The number of hydrogen-bond acceptors (Lipinski definition) is 7. The van der Waals surface area contributed by atoms with Crippen LogP contribution in [0, 0.1) is 13.8 Å². The highest BCUT2D eigenvalue weighted by Crippen LogP contribution is 2.19. The molecule has 0 spiro atoms. The van der Waals surface area contributed by atoms with Gasteiger partial charge in [-0.05, 0) is 20.3 Å². The van der Waals surface area contributed by atoms with E-state index >= 15 is 0 Å². The van der Waals surface area contributed by atoms with E-state index in [-0.39, 0.29) is 18.1 Å². The third-order valence-corrected chi connectivity index (χ3v) is 5.60. The number of hydrogen-bond donors (Lipinski definition) is 1. The van der Waals surface area contributed by atoms with Crippen LogP contribution in [0.3, 0.4) is 0 Å². The van der Waals surface area contributed by atoms with Crippen LogP contribution in [-0.4, -0.2) is 41.2 Å². The number of aryl methyl sites for hydroxylation is 2. The van der Waals surface area contributed by atoms with E-state index in [4.69, 9.17) is 9.47 Å². The number of ether oxygens (including phenoxy) is 2. The Morgan fingerprint density at radius 2 is 2.38 bits per heavy atom. The van der Waals surface area contributed by atoms with Gasteiger partial charge in [-0.25, -0.2) is 9.97 Å². The van der Waals surface area contributed by atoms with E-state index in [2.05, 4.69) is 15.3 Å². The van der Waals surface area contributed by atoms with E-state index < -0.39 is 0 Å². The van der Waals surface area contributed by atoms with Crippen LogP contribution in [0.15, 0.2) is 10.9 Å². The standard InChI is InChI=1S/C16H21N3O3S2/c1-10-15(24-11(2)18-10)5-16(20)19-13-7-21-4-3-14(13)22-6-12-8-23-9-17-12/h8-9,13-14H,3-7H2,1-2H3,(H,19,20)/t13-,14+/m1/s1. The van der Waals surface area contributed by atoms with Crippen LogP contribution in [0.25, 0.3) is 0 Å². The maximum atomic E-state index is 12.4. The second kappa shape index (κ2) is 8.15. The summed E-state index contributed by atoms with van der Waals surface area (Å²) >= 11 is 3.12. The van der Waals surface area contributed by atoms with Gasteiger partial charge in [0.2, 0.25) is 5.91 Å². The van der Waals surface area contributed by atoms with Gasteiger partial charge >= 0.3 is 0 Å². The normalized spacial score (nSPS) is 20.9. The molecule has 2 aromatic heterocycles. The van der Waals surface area contributed by atoms with E-state index in [9.17, 15) is 4.79 Å². The Hall–Kier alpha value is -1.35. The Bertz CT molecular complexity index is 672. The molecule has 0 unspecified atom stereocenters. The quantitative estimate of drug-likeness (QED) is 0.848. The van der Waals surface area contributed by atoms with Crippen molar-refractivity contribution in [3.63, 3.8) is 0 Å². The minimum Gasteiger partial charge on any atom is -0.379 e. The number of carbonyl (C=O) groups excluding carboxylic acids is 1. The number of nitrogens with one attached hydrogen (secondary N) is 1. The zero-order valence-electron chi connectivity index (χ0n) is 13.8. The Morgan fingerprint density at radius 1 is 1.50 bits per heavy atom. The molecule has 3 heterocycles. The smallest absolute Gasteiger partial charge is 0.225 e. The molecule has 0 aliphatic carbocycles. The first-order chi connectivity index (χ1) is 11.6. The molecule has 1 fully saturated rings. The number of amides is 1. The molecule has 0 radical (unpaired) electrons. The van der Waals surface area contributed by atoms with Crippen LogP contribution < -0.4 is 5.32 Å². The van der Waals surface area contributed by atoms with Crippen LogP contribution >= 0.6 is 22.7 Å². The van der Waals surface area contributed by atoms with Crippen molar-refractivity contribution < 1.29 is 14.3 Å². The van der Waals surface area contributed by atoms with Gasteiger partial charge in [0.05, 0.1) is 53.7 Å². The second-order valence-corrected chi connectivity index (χ2v) is 7.79. The minimum absolute atomic E-state index is 0.0143. The Balaban J connectivity index is 1.54. The number of nitrogens with zero attached hydrogens (tertiary/aromatic N) is 2. The first kappa shape index (κ1) is 17.5. The lowest BCUT2D eigenvalue weighted by molar-refractivity contribution is -0.125. The highest BCUT2D eigenvalue weighted by Gasteiger charge is 2.28. The third-order valence-electron chi connectivity index (χ3n) is 3.89. The average Bonchev–Trinajstić information content (AvgIpc) is 3.16. The van der Waals surface area contributed by atoms with Crippen molar-refractivity contribution in [2.75, 3.05) is 13.2 Å². The fourth-order valence-electron chi connectivity index (χ4n) is 2.69. The molecular weight excluding hydrogens is 346 g/mol. The summed E-state index contributed by atoms with van der Waals surface area (Å²) in [5.41, 5.74) is 3.65. The summed E-state index contributed by atoms with van der Waals surface area (Å²) < 4.78 is 11.5. The highest BCUT2D eigenvalue weighted by molar-refractivity contribution is 7.11. The summed E-state index contributed by atoms with van der Waals surface area (Å²) in [4.78, 5) is 22.0. The molecule has 2 atom stereocenters. The first-order valence-corrected chi connectivity index (χ1v) is 9.66. The van der Waals surface area contributed by atoms with Crippen LogP contribution in [0.5, 0.6) is 0 Å². The van der Waals surface area contributed by atoms with Crippen molar-refractivity contribution in [1.29, 1.82) is 0 Å². The molecule has 1 aliphatic heterocycles. The molecule has 1 aliphatic rings. The summed E-state index contributed by atoms with van der Waals surface area (Å²) in [5.74, 6) is -0.0143. The van der Waals surface area contributed by atoms with Gasteiger partial charge in [-0.1, -0.05) is 0 Å². The molecule has 1 N–H and O–H groups in total. The summed E-state index contributed by atoms with van der Waals surface area (Å²) in [6.45, 7) is 5.50. The molecule has 6 nitrogen and oxygen atoms in total. The van der Waals surface area contributed by atoms with Gasteiger partial charge in [0.1, 0.15) is 0 Å². The van der Waals surface area contributed by atoms with Crippen LogP contribution in [-0.2, 0) is 27.3 Å². The van der Waals surface area contributed by atoms with Crippen molar-refractivity contribution in [1.82, 2.24) is 15.3 Å². The lowest BCUT2D eigenvalue weighted by Gasteiger charge is -2.32. The van der Waals surface area contributed by atoms with Crippen LogP contribution in [0.4, 0.5) is 0 Å². The number of rotatable bonds is 6. The van der Waals surface area contributed by atoms with Crippen molar-refractivity contribution >= 4 is 28.6 Å². The molecule has 8 heteroatoms. The third kappa shape index (κ3) is 4.60. The van der Waals surface area contributed by atoms with E-state index in [0.29, 0.717) is 26.2 Å². The monoisotopic (exact) mass is 367 g/mol. The maximum Gasteiger partial charge on any atom is 0.225 e. The molecule has 130 valence electrons. The summed E-state index contributed by atoms with van der Waals surface area (Å²) in [6.07, 6.45) is 1.08. The SMILES string of the molecule is Cc1nc(C)c(CC(=O)N[C@@H]2COCC[C@@H]2OCc2cscn2)s1. The van der Waals surface area contributed by atoms with Crippen LogP contribution in [0.1, 0.15) is 27.7 Å². The molecule has 2 aromatic rings. The van der Waals surface area contributed by atoms with Crippen molar-refractivity contribution in [3.05, 3.63) is 32.2 Å². The topological polar surface area (TPSA) is 73.3 Å². The fraction of sp³-hybridized carbons (Fsp3) is 0.562. The van der Waals surface area contributed by atoms with Gasteiger partial charge in [-0.3, -0.25) is 4.79 Å². The van der Waals surface area contributed by atoms with Crippen molar-refractivity contribution in [2.24, 2.45) is 0 Å². The second-order valence-electron chi connectivity index (χ2n) is 5.79. The van der Waals surface area contributed by atoms with E-state index in [1.807, 2.05) is 19.2 Å². The molecule has 0 saturated carbocycles. The highest BCUT2D eigenvalue weighted by atomic mass is 32.1. The van der Waals surface area contributed by atoms with Gasteiger partial charge in [0.15, 0.2) is 0 Å². The number of aromatic nitrogens is 2. The Morgan fingerprint density at radius 3 is 3.08 bits per heavy atom. The Labute approximate surface area is 149 Å². The molecule has 1 amide bonds. The van der Waals surface area contributed by atoms with Gasteiger partial charge < -0.3 is 14.8 Å². The molecule has 1 saturated heterocycles. The molecule has 3 rings (SSSR count). The lowest BCUT2D eigenvalue weighted by atomic mass is 10.1. The van der Waals surface area contributed by atoms with E-state index in [0.717, 1.165) is 27.7 Å². The summed E-state index contributed by atoms with van der Waals surface area (Å²) in [7, 11) is 0. The zero-order valence-corrected chi connectivity index (χ0v) is 15.4. The van der Waals surface area contributed by atoms with E-state index in [1.165, 1.54) is 0 Å². The Kier molecular flexibility index (Phi) is 5.94. The lowest BCUT2D eigenvalue weighted by Crippen LogP contribution is -2.50. The van der Waals surface area contributed by atoms with Gasteiger partial charge in [-0.15, -0.1) is 22.7 Å². The summed E-state index contributed by atoms with van der Waals surface area (Å²) in [5, 5.41) is 6.02. The molecular formula is C16H21N3O3S2. The maximum absolute atomic E-state index is 12.4. The zero-order chi connectivity index (χ0) is 16.9. The predicted molar refractivity (Wildman–Crippen MR) is 93.3 cm³/mol. The molecule has 0 bridgehead atoms. The molecule has 0 aromatic carbocycles. The average molecular weight is 367 g/mol. The first-order valence-electron chi connectivity index (χ1n) is 7.90. The largest absolute Gasteiger partial charge is 0.379 e. The fourth-order valence-corrected chi connectivity index (χ4v) is 4.17. The summed E-state index contributed by atoms with van der Waals surface area (Å²) in [6, 6.07) is -0.126. The van der Waals surface area contributed by atoms with Gasteiger partial charge in [0.25, 0.3) is 0 Å². The van der Waals surface area contributed by atoms with Gasteiger partial charge in [0, 0.05) is 16.9 Å². The van der Waals surface area contributed by atoms with Crippen molar-refractivity contribution in [3.8, 4) is 0 Å². The molecule has 24 heavy (non-hydrogen) atoms.